The molecule has 1 aliphatic heterocycles. The summed E-state index contributed by atoms with van der Waals surface area (Å²) in [5.41, 5.74) is 0. The van der Waals surface area contributed by atoms with E-state index in [0.29, 0.717) is 15.3 Å². The van der Waals surface area contributed by atoms with Crippen molar-refractivity contribution in [1.29, 1.82) is 0 Å². The second-order valence-electron chi connectivity index (χ2n) is 0.640. The third kappa shape index (κ3) is 0.170. The minimum absolute atomic E-state index is 0.590. The van der Waals surface area contributed by atoms with E-state index in [1.165, 1.54) is 0 Å². The summed E-state index contributed by atoms with van der Waals surface area (Å²) in [6, 6.07) is 0. The fourth-order valence-corrected chi connectivity index (χ4v) is 0.447. The van der Waals surface area contributed by atoms with Crippen LogP contribution in [-0.2, 0) is 0 Å². The Morgan fingerprint density at radius 1 is 1.50 bits per heavy atom. The van der Waals surface area contributed by atoms with E-state index in [4.69, 9.17) is 0 Å². The van der Waals surface area contributed by atoms with Crippen molar-refractivity contribution < 1.29 is 0 Å². The van der Waals surface area contributed by atoms with Gasteiger partial charge in [0.25, 0.3) is 0 Å². The summed E-state index contributed by atoms with van der Waals surface area (Å²) in [6.45, 7) is 0. The third-order valence-electron chi connectivity index (χ3n) is 0.344. The van der Waals surface area contributed by atoms with E-state index in [9.17, 15) is 0 Å². The van der Waals surface area contributed by atoms with E-state index in [0.717, 1.165) is 0 Å². The van der Waals surface area contributed by atoms with Gasteiger partial charge in [0.1, 0.15) is 0 Å². The van der Waals surface area contributed by atoms with Gasteiger partial charge < -0.3 is 0 Å². The molecule has 0 spiro atoms. The van der Waals surface area contributed by atoms with Crippen LogP contribution in [0.2, 0.25) is 0 Å². The zero-order chi connectivity index (χ0) is 2.83. The second kappa shape index (κ2) is 0.857. The maximum atomic E-state index is 2.22. The normalized spacial score (nSPS) is 20.0. The van der Waals surface area contributed by atoms with E-state index < -0.39 is 0 Å². The van der Waals surface area contributed by atoms with E-state index in [1.807, 2.05) is 0 Å². The Balaban J connectivity index is 2.67. The van der Waals surface area contributed by atoms with E-state index >= 15 is 0 Å². The van der Waals surface area contributed by atoms with Crippen LogP contribution in [0.1, 0.15) is 0 Å². The molecule has 1 heterocycles. The third-order valence-corrected chi connectivity index (χ3v) is 1.79. The van der Waals surface area contributed by atoms with Crippen LogP contribution in [0.5, 0.6) is 0 Å². The van der Waals surface area contributed by atoms with Gasteiger partial charge in [0.15, 0.2) is 0 Å². The van der Waals surface area contributed by atoms with Crippen LogP contribution < -0.4 is 0 Å². The van der Waals surface area contributed by atoms with Crippen LogP contribution in [0, 0.1) is 0 Å². The molecule has 0 aromatic carbocycles. The predicted molar refractivity (Wildman–Crippen MR) is 21.0 cm³/mol. The first-order valence-electron chi connectivity index (χ1n) is 1.18. The molecule has 0 saturated carbocycles. The molecular formula is C3H3As. The summed E-state index contributed by atoms with van der Waals surface area (Å²) in [7, 11) is 0. The molecule has 4 heavy (non-hydrogen) atoms. The van der Waals surface area contributed by atoms with E-state index in [2.05, 4.69) is 15.7 Å². The molecule has 0 saturated heterocycles. The zero-order valence-corrected chi connectivity index (χ0v) is 4.06. The molecule has 0 N–H and O–H groups in total. The quantitative estimate of drug-likeness (QED) is 0.389. The molecule has 20 valence electrons. The SMILES string of the molecule is C1=C[As]=C1. The summed E-state index contributed by atoms with van der Waals surface area (Å²) in [4.78, 5) is 4.44. The molecule has 0 aliphatic carbocycles. The molecular weight excluding hydrogens is 111 g/mol. The Morgan fingerprint density at radius 2 is 1.75 bits per heavy atom. The Labute approximate surface area is 31.7 Å². The van der Waals surface area contributed by atoms with Gasteiger partial charge in [-0.1, -0.05) is 0 Å². The molecule has 0 radical (unpaired) electrons. The van der Waals surface area contributed by atoms with Gasteiger partial charge in [-0.3, -0.25) is 0 Å². The topological polar surface area (TPSA) is 0 Å². The minimum atomic E-state index is 0.590. The first kappa shape index (κ1) is 2.41. The number of rotatable bonds is 0. The Morgan fingerprint density at radius 3 is 1.75 bits per heavy atom. The van der Waals surface area contributed by atoms with Gasteiger partial charge in [0.05, 0.1) is 0 Å². The Bertz CT molecular complexity index is 43.7. The van der Waals surface area contributed by atoms with Gasteiger partial charge in [0.2, 0.25) is 0 Å². The average molecular weight is 114 g/mol. The summed E-state index contributed by atoms with van der Waals surface area (Å²) in [6.07, 6.45) is 2.10. The predicted octanol–water partition coefficient (Wildman–Crippen LogP) is 0.0201. The summed E-state index contributed by atoms with van der Waals surface area (Å²) in [5.74, 6) is 0. The fourth-order valence-electron chi connectivity index (χ4n) is 0.0861. The fraction of sp³-hybridized carbons (Fsp3) is 0. The van der Waals surface area contributed by atoms with Crippen LogP contribution in [0.4, 0.5) is 0 Å². The number of allylic oxidation sites excluding steroid dienone is 1. The van der Waals surface area contributed by atoms with Crippen molar-refractivity contribution in [3.8, 4) is 0 Å². The standard InChI is InChI=1S/C3H3As/c1-2-4-3-1/h1-3H. The summed E-state index contributed by atoms with van der Waals surface area (Å²) < 4.78 is 0. The van der Waals surface area contributed by atoms with Crippen molar-refractivity contribution in [2.75, 3.05) is 0 Å². The van der Waals surface area contributed by atoms with Crippen LogP contribution in [-0.4, -0.2) is 20.1 Å². The van der Waals surface area contributed by atoms with Crippen LogP contribution in [0.3, 0.4) is 0 Å². The zero-order valence-electron chi connectivity index (χ0n) is 2.18. The summed E-state index contributed by atoms with van der Waals surface area (Å²) in [5, 5.41) is 0. The molecule has 0 fully saturated rings. The van der Waals surface area contributed by atoms with Crippen molar-refractivity contribution >= 4 is 20.1 Å². The van der Waals surface area contributed by atoms with Gasteiger partial charge >= 0.3 is 31.1 Å². The molecule has 0 unspecified atom stereocenters. The average Bonchev–Trinajstić information content (AvgIpc) is 0.722. The van der Waals surface area contributed by atoms with Crippen molar-refractivity contribution in [3.05, 3.63) is 10.9 Å². The van der Waals surface area contributed by atoms with E-state index in [1.54, 1.807) is 0 Å². The van der Waals surface area contributed by atoms with Crippen molar-refractivity contribution in [2.45, 2.75) is 0 Å². The van der Waals surface area contributed by atoms with Gasteiger partial charge in [-0.05, 0) is 0 Å². The molecule has 0 aromatic heterocycles. The van der Waals surface area contributed by atoms with E-state index in [-0.39, 0.29) is 0 Å². The van der Waals surface area contributed by atoms with Crippen molar-refractivity contribution in [3.63, 3.8) is 0 Å². The number of hydrogen-bond donors (Lipinski definition) is 0. The Kier molecular flexibility index (Phi) is 0.516. The van der Waals surface area contributed by atoms with Crippen molar-refractivity contribution in [2.24, 2.45) is 0 Å². The van der Waals surface area contributed by atoms with Crippen LogP contribution in [0.15, 0.2) is 10.9 Å². The molecule has 0 bridgehead atoms. The molecule has 0 atom stereocenters. The maximum absolute atomic E-state index is 2.22. The van der Waals surface area contributed by atoms with Gasteiger partial charge in [-0.2, -0.15) is 0 Å². The first-order chi connectivity index (χ1) is 2.00. The molecule has 0 nitrogen and oxygen atoms in total. The molecule has 1 aliphatic rings. The first-order valence-corrected chi connectivity index (χ1v) is 3.35. The van der Waals surface area contributed by atoms with Gasteiger partial charge in [-0.15, -0.1) is 0 Å². The van der Waals surface area contributed by atoms with Gasteiger partial charge in [0, 0.05) is 0 Å². The van der Waals surface area contributed by atoms with Crippen molar-refractivity contribution in [1.82, 2.24) is 0 Å². The number of hydrogen-bond acceptors (Lipinski definition) is 0. The Hall–Kier alpha value is 0.168. The van der Waals surface area contributed by atoms with Crippen LogP contribution >= 0.6 is 0 Å². The second-order valence-corrected chi connectivity index (χ2v) is 2.52. The summed E-state index contributed by atoms with van der Waals surface area (Å²) >= 11 is 0.590. The van der Waals surface area contributed by atoms with Crippen LogP contribution in [0.25, 0.3) is 0 Å². The monoisotopic (exact) mass is 114 g/mol. The molecule has 0 amide bonds. The molecule has 1 heteroatoms. The molecule has 1 rings (SSSR count). The van der Waals surface area contributed by atoms with Gasteiger partial charge in [-0.25, -0.2) is 0 Å². The molecule has 0 aromatic rings.